The third-order valence-corrected chi connectivity index (χ3v) is 5.50. The molecule has 1 fully saturated rings. The lowest BCUT2D eigenvalue weighted by atomic mass is 10.1. The molecule has 0 aliphatic carbocycles. The summed E-state index contributed by atoms with van der Waals surface area (Å²) in [5.74, 6) is 1.29. The van der Waals surface area contributed by atoms with Gasteiger partial charge in [0.1, 0.15) is 5.82 Å². The molecule has 1 atom stereocenters. The molecule has 3 aromatic rings. The number of urea groups is 1. The third-order valence-electron chi connectivity index (χ3n) is 5.50. The summed E-state index contributed by atoms with van der Waals surface area (Å²) >= 11 is 0. The Morgan fingerprint density at radius 2 is 2.07 bits per heavy atom. The zero-order valence-electron chi connectivity index (χ0n) is 16.9. The van der Waals surface area contributed by atoms with Crippen molar-refractivity contribution in [1.82, 2.24) is 19.4 Å². The van der Waals surface area contributed by atoms with Gasteiger partial charge in [0.15, 0.2) is 0 Å². The molecule has 1 N–H and O–H groups in total. The maximum absolute atomic E-state index is 12.8. The van der Waals surface area contributed by atoms with Gasteiger partial charge in [-0.2, -0.15) is 0 Å². The summed E-state index contributed by atoms with van der Waals surface area (Å²) in [4.78, 5) is 23.8. The zero-order valence-corrected chi connectivity index (χ0v) is 16.9. The molecule has 1 aliphatic heterocycles. The van der Waals surface area contributed by atoms with Gasteiger partial charge in [-0.15, -0.1) is 0 Å². The molecule has 2 aromatic heterocycles. The van der Waals surface area contributed by atoms with E-state index in [1.165, 1.54) is 5.56 Å². The van der Waals surface area contributed by atoms with Gasteiger partial charge in [0.05, 0.1) is 17.2 Å². The molecule has 28 heavy (non-hydrogen) atoms. The van der Waals surface area contributed by atoms with Crippen molar-refractivity contribution in [2.75, 3.05) is 18.4 Å². The average molecular weight is 377 g/mol. The number of fused-ring (bicyclic) bond motifs is 1. The first-order valence-corrected chi connectivity index (χ1v) is 9.89. The molecular formula is C22H27N5O. The number of imidazole rings is 1. The van der Waals surface area contributed by atoms with Crippen molar-refractivity contribution in [1.29, 1.82) is 0 Å². The number of pyridine rings is 1. The minimum Gasteiger partial charge on any atom is -0.324 e. The van der Waals surface area contributed by atoms with E-state index < -0.39 is 0 Å². The van der Waals surface area contributed by atoms with Crippen molar-refractivity contribution in [2.24, 2.45) is 0 Å². The van der Waals surface area contributed by atoms with Crippen molar-refractivity contribution in [3.05, 3.63) is 53.6 Å². The summed E-state index contributed by atoms with van der Waals surface area (Å²) in [5.41, 5.74) is 5.18. The normalized spacial score (nSPS) is 16.9. The highest BCUT2D eigenvalue weighted by atomic mass is 16.2. The largest absolute Gasteiger partial charge is 0.324 e. The first-order valence-electron chi connectivity index (χ1n) is 9.89. The third kappa shape index (κ3) is 3.35. The standard InChI is InChI=1S/C22H27N5O/c1-14(2)27-20-12-23-9-7-19(20)24-21(27)17-8-10-26(13-17)22(28)25-18-6-5-15(3)11-16(18)4/h5-7,9,11-12,14,17H,8,10,13H2,1-4H3,(H,25,28)/t17-/m1/s1. The van der Waals surface area contributed by atoms with Crippen LogP contribution in [-0.2, 0) is 0 Å². The number of aryl methyl sites for hydroxylation is 2. The van der Waals surface area contributed by atoms with Crippen molar-refractivity contribution in [3.63, 3.8) is 0 Å². The Labute approximate surface area is 165 Å². The summed E-state index contributed by atoms with van der Waals surface area (Å²) < 4.78 is 2.26. The van der Waals surface area contributed by atoms with E-state index in [-0.39, 0.29) is 11.9 Å². The Kier molecular flexibility index (Phi) is 4.79. The van der Waals surface area contributed by atoms with E-state index in [1.54, 1.807) is 6.20 Å². The molecule has 0 spiro atoms. The van der Waals surface area contributed by atoms with E-state index in [9.17, 15) is 4.79 Å². The van der Waals surface area contributed by atoms with Crippen LogP contribution in [0, 0.1) is 13.8 Å². The van der Waals surface area contributed by atoms with Gasteiger partial charge in [0.25, 0.3) is 0 Å². The number of aromatic nitrogens is 3. The Morgan fingerprint density at radius 1 is 1.25 bits per heavy atom. The Morgan fingerprint density at radius 3 is 2.82 bits per heavy atom. The Bertz CT molecular complexity index is 1020. The van der Waals surface area contributed by atoms with Gasteiger partial charge in [-0.1, -0.05) is 17.7 Å². The molecular weight excluding hydrogens is 350 g/mol. The fourth-order valence-electron chi connectivity index (χ4n) is 4.09. The molecule has 0 saturated carbocycles. The van der Waals surface area contributed by atoms with Gasteiger partial charge in [0, 0.05) is 36.9 Å². The zero-order chi connectivity index (χ0) is 19.8. The fraction of sp³-hybridized carbons (Fsp3) is 0.409. The van der Waals surface area contributed by atoms with Gasteiger partial charge in [0.2, 0.25) is 0 Å². The van der Waals surface area contributed by atoms with Crippen LogP contribution in [0.25, 0.3) is 11.0 Å². The number of nitrogens with one attached hydrogen (secondary N) is 1. The number of nitrogens with zero attached hydrogens (tertiary/aromatic N) is 4. The van der Waals surface area contributed by atoms with E-state index in [0.29, 0.717) is 12.6 Å². The number of carbonyl (C=O) groups excluding carboxylic acids is 1. The van der Waals surface area contributed by atoms with Crippen LogP contribution in [0.1, 0.15) is 49.2 Å². The number of benzene rings is 1. The first-order chi connectivity index (χ1) is 13.4. The molecule has 146 valence electrons. The van der Waals surface area contributed by atoms with E-state index in [0.717, 1.165) is 41.1 Å². The highest BCUT2D eigenvalue weighted by molar-refractivity contribution is 5.90. The molecule has 0 radical (unpaired) electrons. The quantitative estimate of drug-likeness (QED) is 0.723. The average Bonchev–Trinajstić information content (AvgIpc) is 3.28. The van der Waals surface area contributed by atoms with Gasteiger partial charge in [-0.3, -0.25) is 4.98 Å². The van der Waals surface area contributed by atoms with Gasteiger partial charge < -0.3 is 14.8 Å². The number of anilines is 1. The molecule has 6 nitrogen and oxygen atoms in total. The first kappa shape index (κ1) is 18.5. The van der Waals surface area contributed by atoms with Crippen LogP contribution in [0.3, 0.4) is 0 Å². The highest BCUT2D eigenvalue weighted by Gasteiger charge is 2.31. The summed E-state index contributed by atoms with van der Waals surface area (Å²) in [5, 5.41) is 3.07. The second-order valence-corrected chi connectivity index (χ2v) is 7.98. The van der Waals surface area contributed by atoms with E-state index >= 15 is 0 Å². The van der Waals surface area contributed by atoms with Crippen molar-refractivity contribution >= 4 is 22.8 Å². The van der Waals surface area contributed by atoms with E-state index in [4.69, 9.17) is 4.98 Å². The summed E-state index contributed by atoms with van der Waals surface area (Å²) in [7, 11) is 0. The number of amides is 2. The lowest BCUT2D eigenvalue weighted by Gasteiger charge is -2.20. The molecule has 6 heteroatoms. The second-order valence-electron chi connectivity index (χ2n) is 7.98. The Hall–Kier alpha value is -2.89. The van der Waals surface area contributed by atoms with Crippen molar-refractivity contribution < 1.29 is 4.79 Å². The van der Waals surface area contributed by atoms with E-state index in [1.807, 2.05) is 36.2 Å². The lowest BCUT2D eigenvalue weighted by Crippen LogP contribution is -2.33. The lowest BCUT2D eigenvalue weighted by molar-refractivity contribution is 0.222. The predicted molar refractivity (Wildman–Crippen MR) is 112 cm³/mol. The molecule has 2 amide bonds. The summed E-state index contributed by atoms with van der Waals surface area (Å²) in [6.07, 6.45) is 4.58. The number of hydrogen-bond donors (Lipinski definition) is 1. The minimum atomic E-state index is -0.0386. The van der Waals surface area contributed by atoms with Crippen LogP contribution >= 0.6 is 0 Å². The SMILES string of the molecule is Cc1ccc(NC(=O)N2CC[C@@H](c3nc4ccncc4n3C(C)C)C2)c(C)c1. The van der Waals surface area contributed by atoms with Crippen molar-refractivity contribution in [2.45, 2.75) is 46.1 Å². The number of likely N-dealkylation sites (tertiary alicyclic amines) is 1. The number of hydrogen-bond acceptors (Lipinski definition) is 3. The topological polar surface area (TPSA) is 63.1 Å². The molecule has 0 bridgehead atoms. The maximum atomic E-state index is 12.8. The van der Waals surface area contributed by atoms with Crippen LogP contribution in [0.5, 0.6) is 0 Å². The van der Waals surface area contributed by atoms with Crippen molar-refractivity contribution in [3.8, 4) is 0 Å². The molecule has 4 rings (SSSR count). The number of rotatable bonds is 3. The minimum absolute atomic E-state index is 0.0386. The van der Waals surface area contributed by atoms with Crippen LogP contribution < -0.4 is 5.32 Å². The monoisotopic (exact) mass is 377 g/mol. The van der Waals surface area contributed by atoms with Crippen LogP contribution in [0.2, 0.25) is 0 Å². The molecule has 0 unspecified atom stereocenters. The van der Waals surface area contributed by atoms with Crippen LogP contribution in [0.4, 0.5) is 10.5 Å². The second kappa shape index (κ2) is 7.26. The van der Waals surface area contributed by atoms with Crippen LogP contribution in [0.15, 0.2) is 36.7 Å². The van der Waals surface area contributed by atoms with Gasteiger partial charge in [-0.25, -0.2) is 9.78 Å². The van der Waals surface area contributed by atoms with Gasteiger partial charge in [-0.05, 0) is 51.8 Å². The fourth-order valence-corrected chi connectivity index (χ4v) is 4.09. The summed E-state index contributed by atoms with van der Waals surface area (Å²) in [6.45, 7) is 9.82. The molecule has 1 aromatic carbocycles. The summed E-state index contributed by atoms with van der Waals surface area (Å²) in [6, 6.07) is 8.29. The van der Waals surface area contributed by atoms with Crippen LogP contribution in [-0.4, -0.2) is 38.6 Å². The molecule has 3 heterocycles. The smallest absolute Gasteiger partial charge is 0.321 e. The maximum Gasteiger partial charge on any atom is 0.321 e. The molecule has 1 aliphatic rings. The van der Waals surface area contributed by atoms with E-state index in [2.05, 4.69) is 41.7 Å². The number of carbonyl (C=O) groups is 1. The Balaban J connectivity index is 1.53. The highest BCUT2D eigenvalue weighted by Crippen LogP contribution is 2.32. The van der Waals surface area contributed by atoms with Gasteiger partial charge >= 0.3 is 6.03 Å². The predicted octanol–water partition coefficient (Wildman–Crippen LogP) is 4.65. The molecule has 1 saturated heterocycles.